The molecule has 0 bridgehead atoms. The summed E-state index contributed by atoms with van der Waals surface area (Å²) in [5.74, 6) is 0. The number of fused-ring (bicyclic) bond motifs is 1. The van der Waals surface area contributed by atoms with Gasteiger partial charge in [-0.3, -0.25) is 4.90 Å². The average Bonchev–Trinajstić information content (AvgIpc) is 2.96. The van der Waals surface area contributed by atoms with E-state index in [4.69, 9.17) is 4.74 Å². The van der Waals surface area contributed by atoms with Crippen molar-refractivity contribution in [3.8, 4) is 0 Å². The Hall–Kier alpha value is -0.200. The number of nitrogens with zero attached hydrogens (tertiary/aromatic N) is 4. The molecule has 3 fully saturated rings. The van der Waals surface area contributed by atoms with Gasteiger partial charge in [0.25, 0.3) is 0 Å². The summed E-state index contributed by atoms with van der Waals surface area (Å²) in [7, 11) is 2.19. The first-order valence-corrected chi connectivity index (χ1v) is 8.18. The maximum absolute atomic E-state index is 5.38. The molecule has 0 saturated carbocycles. The highest BCUT2D eigenvalue weighted by Gasteiger charge is 2.30. The van der Waals surface area contributed by atoms with Crippen LogP contribution in [0.5, 0.6) is 0 Å². The zero-order valence-corrected chi connectivity index (χ0v) is 13.6. The lowest BCUT2D eigenvalue weighted by atomic mass is 10.2. The Labute approximate surface area is 131 Å². The Morgan fingerprint density at radius 1 is 0.905 bits per heavy atom. The lowest BCUT2D eigenvalue weighted by Gasteiger charge is -2.35. The highest BCUT2D eigenvalue weighted by Crippen LogP contribution is 2.14. The minimum atomic E-state index is 0. The van der Waals surface area contributed by atoms with E-state index < -0.39 is 0 Å². The highest BCUT2D eigenvalue weighted by atomic mass is 16.5. The minimum Gasteiger partial charge on any atom is -0.364 e. The van der Waals surface area contributed by atoms with E-state index >= 15 is 0 Å². The quantitative estimate of drug-likeness (QED) is 0.753. The number of likely N-dealkylation sites (N-methyl/N-ethyl adjacent to an activating group) is 3. The highest BCUT2D eigenvalue weighted by molar-refractivity contribution is 4.83. The topological polar surface area (TPSA) is 22.2 Å². The van der Waals surface area contributed by atoms with Crippen molar-refractivity contribution in [1.29, 1.82) is 0 Å². The first-order chi connectivity index (χ1) is 9.72. The molecule has 3 saturated heterocycles. The summed E-state index contributed by atoms with van der Waals surface area (Å²) in [5.41, 5.74) is 0. The molecule has 0 N–H and O–H groups in total. The molecule has 21 heavy (non-hydrogen) atoms. The summed E-state index contributed by atoms with van der Waals surface area (Å²) >= 11 is 0. The zero-order valence-electron chi connectivity index (χ0n) is 13.6. The fourth-order valence-corrected chi connectivity index (χ4v) is 3.04. The van der Waals surface area contributed by atoms with Crippen molar-refractivity contribution in [2.45, 2.75) is 27.3 Å². The van der Waals surface area contributed by atoms with Gasteiger partial charge in [-0.1, -0.05) is 21.3 Å². The number of rotatable bonds is 2. The number of ether oxygens (including phenoxy) is 1. The molecule has 0 radical (unpaired) electrons. The maximum Gasteiger partial charge on any atom is 0.0995 e. The van der Waals surface area contributed by atoms with Crippen LogP contribution >= 0.6 is 0 Å². The van der Waals surface area contributed by atoms with E-state index in [1.807, 2.05) is 0 Å². The van der Waals surface area contributed by atoms with Gasteiger partial charge in [-0.15, -0.1) is 0 Å². The number of hydrogen-bond donors (Lipinski definition) is 0. The second-order valence-corrected chi connectivity index (χ2v) is 6.10. The molecular weight excluding hydrogens is 264 g/mol. The van der Waals surface area contributed by atoms with Crippen molar-refractivity contribution in [3.63, 3.8) is 0 Å². The summed E-state index contributed by atoms with van der Waals surface area (Å²) in [6, 6.07) is 0.684. The van der Waals surface area contributed by atoms with E-state index in [9.17, 15) is 0 Å². The molecule has 3 aliphatic rings. The van der Waals surface area contributed by atoms with Crippen molar-refractivity contribution in [1.82, 2.24) is 19.6 Å². The van der Waals surface area contributed by atoms with Gasteiger partial charge in [0.1, 0.15) is 0 Å². The van der Waals surface area contributed by atoms with Crippen LogP contribution in [0, 0.1) is 0 Å². The van der Waals surface area contributed by atoms with E-state index in [0.29, 0.717) is 6.04 Å². The third-order valence-corrected chi connectivity index (χ3v) is 4.75. The van der Waals surface area contributed by atoms with Gasteiger partial charge >= 0.3 is 0 Å². The van der Waals surface area contributed by atoms with E-state index in [2.05, 4.69) is 40.5 Å². The molecule has 126 valence electrons. The lowest BCUT2D eigenvalue weighted by molar-refractivity contribution is 0.0941. The molecule has 0 aliphatic carbocycles. The SMILES string of the molecule is C.CCN1CCN(C)CC1.CCN1CCN2COCC2C1. The summed E-state index contributed by atoms with van der Waals surface area (Å²) in [6.07, 6.45) is 0. The van der Waals surface area contributed by atoms with Crippen LogP contribution < -0.4 is 0 Å². The van der Waals surface area contributed by atoms with Crippen LogP contribution in [0.15, 0.2) is 0 Å². The van der Waals surface area contributed by atoms with Crippen molar-refractivity contribution in [3.05, 3.63) is 0 Å². The second kappa shape index (κ2) is 9.74. The smallest absolute Gasteiger partial charge is 0.0995 e. The minimum absolute atomic E-state index is 0. The van der Waals surface area contributed by atoms with Gasteiger partial charge in [0, 0.05) is 51.9 Å². The summed E-state index contributed by atoms with van der Waals surface area (Å²) in [4.78, 5) is 9.80. The normalized spacial score (nSPS) is 28.4. The number of piperazine rings is 2. The molecule has 0 aromatic rings. The van der Waals surface area contributed by atoms with Gasteiger partial charge < -0.3 is 19.4 Å². The molecule has 0 amide bonds. The Morgan fingerprint density at radius 3 is 2.14 bits per heavy atom. The van der Waals surface area contributed by atoms with E-state index in [-0.39, 0.29) is 7.43 Å². The molecule has 3 rings (SSSR count). The molecular formula is C16H36N4O. The van der Waals surface area contributed by atoms with Crippen molar-refractivity contribution in [2.75, 3.05) is 79.3 Å². The average molecular weight is 300 g/mol. The Balaban J connectivity index is 0.000000205. The van der Waals surface area contributed by atoms with Gasteiger partial charge in [0.2, 0.25) is 0 Å². The van der Waals surface area contributed by atoms with Crippen LogP contribution in [0.4, 0.5) is 0 Å². The van der Waals surface area contributed by atoms with E-state index in [1.54, 1.807) is 0 Å². The van der Waals surface area contributed by atoms with Crippen LogP contribution in [-0.2, 0) is 4.74 Å². The molecule has 0 aromatic heterocycles. The Morgan fingerprint density at radius 2 is 1.52 bits per heavy atom. The summed E-state index contributed by atoms with van der Waals surface area (Å²) < 4.78 is 5.38. The van der Waals surface area contributed by atoms with Crippen LogP contribution in [0.25, 0.3) is 0 Å². The first-order valence-electron chi connectivity index (χ1n) is 8.18. The molecule has 1 unspecified atom stereocenters. The fraction of sp³-hybridized carbons (Fsp3) is 1.00. The van der Waals surface area contributed by atoms with Crippen molar-refractivity contribution < 1.29 is 4.74 Å². The van der Waals surface area contributed by atoms with Gasteiger partial charge in [-0.25, -0.2) is 0 Å². The molecule has 3 aliphatic heterocycles. The van der Waals surface area contributed by atoms with Gasteiger partial charge in [0.15, 0.2) is 0 Å². The fourth-order valence-electron chi connectivity index (χ4n) is 3.04. The Kier molecular flexibility index (Phi) is 8.74. The van der Waals surface area contributed by atoms with Crippen molar-refractivity contribution in [2.24, 2.45) is 0 Å². The molecule has 1 atom stereocenters. The Bertz CT molecular complexity index is 269. The van der Waals surface area contributed by atoms with Gasteiger partial charge in [-0.2, -0.15) is 0 Å². The second-order valence-electron chi connectivity index (χ2n) is 6.10. The third kappa shape index (κ3) is 5.83. The number of hydrogen-bond acceptors (Lipinski definition) is 5. The monoisotopic (exact) mass is 300 g/mol. The van der Waals surface area contributed by atoms with Crippen LogP contribution in [0.1, 0.15) is 21.3 Å². The summed E-state index contributed by atoms with van der Waals surface area (Å²) in [6.45, 7) is 17.3. The van der Waals surface area contributed by atoms with Crippen LogP contribution in [0.3, 0.4) is 0 Å². The van der Waals surface area contributed by atoms with E-state index in [0.717, 1.165) is 13.3 Å². The maximum atomic E-state index is 5.38. The largest absolute Gasteiger partial charge is 0.364 e. The molecule has 0 aromatic carbocycles. The van der Waals surface area contributed by atoms with Gasteiger partial charge in [0.05, 0.1) is 13.3 Å². The first kappa shape index (κ1) is 18.8. The predicted molar refractivity (Wildman–Crippen MR) is 89.8 cm³/mol. The van der Waals surface area contributed by atoms with Crippen LogP contribution in [-0.4, -0.2) is 105 Å². The van der Waals surface area contributed by atoms with Crippen molar-refractivity contribution >= 4 is 0 Å². The molecule has 3 heterocycles. The van der Waals surface area contributed by atoms with Gasteiger partial charge in [-0.05, 0) is 20.1 Å². The zero-order chi connectivity index (χ0) is 14.4. The third-order valence-electron chi connectivity index (χ3n) is 4.75. The predicted octanol–water partition coefficient (Wildman–Crippen LogP) is 0.870. The molecule has 5 heteroatoms. The summed E-state index contributed by atoms with van der Waals surface area (Å²) in [5, 5.41) is 0. The molecule has 0 spiro atoms. The standard InChI is InChI=1S/C8H16N2O.C7H16N2.CH4/c1-2-9-3-4-10-7-11-6-8(10)5-9;1-3-9-6-4-8(2)5-7-9;/h8H,2-7H2,1H3;3-7H2,1-2H3;1H4. The van der Waals surface area contributed by atoms with E-state index in [1.165, 1.54) is 58.9 Å². The molecule has 5 nitrogen and oxygen atoms in total. The van der Waals surface area contributed by atoms with Crippen LogP contribution in [0.2, 0.25) is 0 Å². The lowest BCUT2D eigenvalue weighted by Crippen LogP contribution is -2.50.